The van der Waals surface area contributed by atoms with Gasteiger partial charge in [-0.3, -0.25) is 13.9 Å². The maximum Gasteiger partial charge on any atom is 0.329 e. The smallest absolute Gasteiger partial charge is 0.329 e. The minimum atomic E-state index is -1.30. The van der Waals surface area contributed by atoms with Crippen molar-refractivity contribution in [3.63, 3.8) is 0 Å². The number of halogens is 3. The Morgan fingerprint density at radius 2 is 2.00 bits per heavy atom. The number of nitrogens with zero attached hydrogens (tertiary/aromatic N) is 4. The minimum absolute atomic E-state index is 0.0368. The standard InChI is InChI=1S/C20H16Cl3N5O4/c1-32-17(29)9-28-14(18(30)11-3-2-10(21)6-12(11)22)7-27(20(28)31)8-16-24-13-4-5-15(23)25-19(13)26-16/h2-7,18,30H,8-9H2,1H3,(H,24,25,26). The van der Waals surface area contributed by atoms with Crippen molar-refractivity contribution in [3.8, 4) is 0 Å². The predicted molar refractivity (Wildman–Crippen MR) is 119 cm³/mol. The molecule has 12 heteroatoms. The number of methoxy groups -OCH3 is 1. The number of H-pyrrole nitrogens is 1. The minimum Gasteiger partial charge on any atom is -0.468 e. The predicted octanol–water partition coefficient (Wildman–Crippen LogP) is 3.18. The van der Waals surface area contributed by atoms with Gasteiger partial charge in [-0.25, -0.2) is 14.8 Å². The van der Waals surface area contributed by atoms with Crippen LogP contribution in [-0.4, -0.2) is 42.3 Å². The van der Waals surface area contributed by atoms with Gasteiger partial charge in [0, 0.05) is 21.8 Å². The molecule has 0 saturated heterocycles. The van der Waals surface area contributed by atoms with Crippen molar-refractivity contribution in [2.45, 2.75) is 19.2 Å². The molecular formula is C20H16Cl3N5O4. The highest BCUT2D eigenvalue weighted by Gasteiger charge is 2.24. The molecule has 0 spiro atoms. The van der Waals surface area contributed by atoms with Gasteiger partial charge in [-0.05, 0) is 24.3 Å². The number of aliphatic hydroxyl groups excluding tert-OH is 1. The summed E-state index contributed by atoms with van der Waals surface area (Å²) in [5.41, 5.74) is 1.000. The van der Waals surface area contributed by atoms with Crippen LogP contribution in [0, 0.1) is 0 Å². The van der Waals surface area contributed by atoms with Crippen LogP contribution in [-0.2, 0) is 22.6 Å². The highest BCUT2D eigenvalue weighted by molar-refractivity contribution is 6.35. The zero-order valence-corrected chi connectivity index (χ0v) is 18.8. The highest BCUT2D eigenvalue weighted by Crippen LogP contribution is 2.30. The molecule has 0 bridgehead atoms. The van der Waals surface area contributed by atoms with Gasteiger partial charge in [0.1, 0.15) is 23.6 Å². The number of fused-ring (bicyclic) bond motifs is 1. The number of esters is 1. The number of aliphatic hydroxyl groups is 1. The molecule has 0 aliphatic carbocycles. The fourth-order valence-corrected chi connectivity index (χ4v) is 3.93. The van der Waals surface area contributed by atoms with Crippen LogP contribution in [0.3, 0.4) is 0 Å². The lowest BCUT2D eigenvalue weighted by atomic mass is 10.1. The van der Waals surface area contributed by atoms with Crippen molar-refractivity contribution in [2.24, 2.45) is 0 Å². The third-order valence-electron chi connectivity index (χ3n) is 4.81. The molecule has 0 radical (unpaired) electrons. The molecule has 4 aromatic rings. The van der Waals surface area contributed by atoms with Gasteiger partial charge in [0.05, 0.1) is 24.9 Å². The van der Waals surface area contributed by atoms with Crippen molar-refractivity contribution >= 4 is 51.9 Å². The Balaban J connectivity index is 1.76. The molecule has 166 valence electrons. The molecule has 4 rings (SSSR count). The number of aromatic amines is 1. The number of carbonyl (C=O) groups excluding carboxylic acids is 1. The highest BCUT2D eigenvalue weighted by atomic mass is 35.5. The second-order valence-corrected chi connectivity index (χ2v) is 8.11. The molecule has 0 aliphatic heterocycles. The fourth-order valence-electron chi connectivity index (χ4n) is 3.27. The Morgan fingerprint density at radius 3 is 2.72 bits per heavy atom. The Kier molecular flexibility index (Phi) is 6.25. The van der Waals surface area contributed by atoms with E-state index in [1.54, 1.807) is 24.3 Å². The lowest BCUT2D eigenvalue weighted by Crippen LogP contribution is -2.29. The average molecular weight is 497 g/mol. The summed E-state index contributed by atoms with van der Waals surface area (Å²) >= 11 is 18.1. The molecule has 1 unspecified atom stereocenters. The first-order valence-corrected chi connectivity index (χ1v) is 10.4. The number of aromatic nitrogens is 5. The molecule has 0 fully saturated rings. The first-order chi connectivity index (χ1) is 15.3. The molecular weight excluding hydrogens is 481 g/mol. The van der Waals surface area contributed by atoms with Crippen LogP contribution in [0.15, 0.2) is 41.3 Å². The van der Waals surface area contributed by atoms with Gasteiger partial charge in [-0.1, -0.05) is 40.9 Å². The van der Waals surface area contributed by atoms with E-state index in [1.165, 1.54) is 23.9 Å². The lowest BCUT2D eigenvalue weighted by Gasteiger charge is -2.14. The van der Waals surface area contributed by atoms with E-state index in [9.17, 15) is 14.7 Å². The normalized spacial score (nSPS) is 12.3. The number of ether oxygens (including phenoxy) is 1. The molecule has 1 atom stereocenters. The van der Waals surface area contributed by atoms with Gasteiger partial charge >= 0.3 is 11.7 Å². The molecule has 32 heavy (non-hydrogen) atoms. The molecule has 9 nitrogen and oxygen atoms in total. The van der Waals surface area contributed by atoms with Crippen molar-refractivity contribution in [1.82, 2.24) is 24.1 Å². The Hall–Kier alpha value is -2.85. The quantitative estimate of drug-likeness (QED) is 0.313. The summed E-state index contributed by atoms with van der Waals surface area (Å²) in [6.45, 7) is -0.355. The monoisotopic (exact) mass is 495 g/mol. The van der Waals surface area contributed by atoms with Crippen LogP contribution in [0.2, 0.25) is 15.2 Å². The number of rotatable bonds is 6. The maximum absolute atomic E-state index is 13.1. The Bertz CT molecular complexity index is 1380. The third kappa shape index (κ3) is 4.37. The van der Waals surface area contributed by atoms with Crippen molar-refractivity contribution in [3.05, 3.63) is 79.3 Å². The van der Waals surface area contributed by atoms with Crippen LogP contribution in [0.4, 0.5) is 0 Å². The van der Waals surface area contributed by atoms with Crippen molar-refractivity contribution in [2.75, 3.05) is 7.11 Å². The summed E-state index contributed by atoms with van der Waals surface area (Å²) in [6.07, 6.45) is 0.142. The van der Waals surface area contributed by atoms with Gasteiger partial charge in [0.15, 0.2) is 5.65 Å². The molecule has 0 saturated carbocycles. The second-order valence-electron chi connectivity index (χ2n) is 6.88. The topological polar surface area (TPSA) is 115 Å². The van der Waals surface area contributed by atoms with E-state index < -0.39 is 24.3 Å². The van der Waals surface area contributed by atoms with Gasteiger partial charge in [0.25, 0.3) is 0 Å². The largest absolute Gasteiger partial charge is 0.468 e. The lowest BCUT2D eigenvalue weighted by molar-refractivity contribution is -0.141. The first-order valence-electron chi connectivity index (χ1n) is 9.27. The zero-order chi connectivity index (χ0) is 23.0. The van der Waals surface area contributed by atoms with E-state index in [1.807, 2.05) is 0 Å². The Morgan fingerprint density at radius 1 is 1.22 bits per heavy atom. The number of hydrogen-bond acceptors (Lipinski definition) is 6. The van der Waals surface area contributed by atoms with Crippen LogP contribution >= 0.6 is 34.8 Å². The van der Waals surface area contributed by atoms with E-state index in [0.717, 1.165) is 4.57 Å². The summed E-state index contributed by atoms with van der Waals surface area (Å²) in [5, 5.41) is 11.9. The van der Waals surface area contributed by atoms with E-state index in [4.69, 9.17) is 39.5 Å². The van der Waals surface area contributed by atoms with Crippen molar-refractivity contribution < 1.29 is 14.6 Å². The number of hydrogen-bond donors (Lipinski definition) is 2. The van der Waals surface area contributed by atoms with Crippen molar-refractivity contribution in [1.29, 1.82) is 0 Å². The van der Waals surface area contributed by atoms with Gasteiger partial charge < -0.3 is 14.8 Å². The van der Waals surface area contributed by atoms with Gasteiger partial charge in [-0.15, -0.1) is 0 Å². The fraction of sp³-hybridized carbons (Fsp3) is 0.200. The summed E-state index contributed by atoms with van der Waals surface area (Å²) < 4.78 is 7.13. The summed E-state index contributed by atoms with van der Waals surface area (Å²) in [5.74, 6) is -0.208. The average Bonchev–Trinajstić information content (AvgIpc) is 3.28. The second kappa shape index (κ2) is 8.95. The number of benzene rings is 1. The van der Waals surface area contributed by atoms with Gasteiger partial charge in [0.2, 0.25) is 0 Å². The van der Waals surface area contributed by atoms with Crippen LogP contribution < -0.4 is 5.69 Å². The molecule has 1 aromatic carbocycles. The summed E-state index contributed by atoms with van der Waals surface area (Å²) in [6, 6.07) is 7.94. The van der Waals surface area contributed by atoms with E-state index in [-0.39, 0.29) is 17.3 Å². The molecule has 0 aliphatic rings. The molecule has 0 amide bonds. The number of pyridine rings is 1. The van der Waals surface area contributed by atoms with Crippen LogP contribution in [0.1, 0.15) is 23.2 Å². The third-order valence-corrected chi connectivity index (χ3v) is 5.58. The SMILES string of the molecule is COC(=O)Cn1c(C(O)c2ccc(Cl)cc2Cl)cn(Cc2nc3nc(Cl)ccc3[nH]2)c1=O. The summed E-state index contributed by atoms with van der Waals surface area (Å²) in [4.78, 5) is 36.5. The molecule has 3 heterocycles. The van der Waals surface area contributed by atoms with Crippen LogP contribution in [0.5, 0.6) is 0 Å². The zero-order valence-electron chi connectivity index (χ0n) is 16.6. The number of imidazole rings is 2. The summed E-state index contributed by atoms with van der Waals surface area (Å²) in [7, 11) is 1.21. The number of nitrogens with one attached hydrogen (secondary N) is 1. The van der Waals surface area contributed by atoms with Crippen LogP contribution in [0.25, 0.3) is 11.2 Å². The van der Waals surface area contributed by atoms with Gasteiger partial charge in [-0.2, -0.15) is 0 Å². The first kappa shape index (κ1) is 22.3. The number of carbonyl (C=O) groups is 1. The van der Waals surface area contributed by atoms with E-state index >= 15 is 0 Å². The molecule has 2 N–H and O–H groups in total. The van der Waals surface area contributed by atoms with E-state index in [0.29, 0.717) is 32.7 Å². The molecule has 3 aromatic heterocycles. The maximum atomic E-state index is 13.1. The Labute approximate surface area is 196 Å². The van der Waals surface area contributed by atoms with E-state index in [2.05, 4.69) is 15.0 Å².